The summed E-state index contributed by atoms with van der Waals surface area (Å²) in [6.07, 6.45) is 5.59. The van der Waals surface area contributed by atoms with E-state index in [0.717, 1.165) is 5.92 Å². The molecule has 3 nitrogen and oxygen atoms in total. The van der Waals surface area contributed by atoms with Crippen LogP contribution in [0.25, 0.3) is 0 Å². The topological polar surface area (TPSA) is 18.5 Å². The molecule has 2 rings (SSSR count). The third-order valence-corrected chi connectivity index (χ3v) is 4.46. The van der Waals surface area contributed by atoms with E-state index in [0.29, 0.717) is 6.04 Å². The smallest absolute Gasteiger partial charge is 0.0107 e. The van der Waals surface area contributed by atoms with Crippen LogP contribution in [-0.2, 0) is 0 Å². The van der Waals surface area contributed by atoms with E-state index in [9.17, 15) is 0 Å². The van der Waals surface area contributed by atoms with Gasteiger partial charge in [0, 0.05) is 25.7 Å². The first-order chi connectivity index (χ1) is 8.25. The predicted molar refractivity (Wildman–Crippen MR) is 73.4 cm³/mol. The van der Waals surface area contributed by atoms with E-state index in [-0.39, 0.29) is 0 Å². The number of hydrogen-bond donors (Lipinski definition) is 1. The standard InChI is InChI=1S/C14H29N3/c1-13(14-6-5-8-16(2)12-14)15-7-11-17-9-3-4-10-17/h13-15H,3-12H2,1-2H3. The molecular formula is C14H29N3. The molecule has 3 heteroatoms. The van der Waals surface area contributed by atoms with E-state index in [4.69, 9.17) is 0 Å². The molecule has 0 bridgehead atoms. The van der Waals surface area contributed by atoms with Crippen LogP contribution in [0, 0.1) is 5.92 Å². The lowest BCUT2D eigenvalue weighted by Crippen LogP contribution is -2.44. The molecule has 0 amide bonds. The molecule has 2 fully saturated rings. The summed E-state index contributed by atoms with van der Waals surface area (Å²) in [5, 5.41) is 3.73. The molecule has 0 aromatic carbocycles. The van der Waals surface area contributed by atoms with Crippen molar-refractivity contribution in [1.29, 1.82) is 0 Å². The summed E-state index contributed by atoms with van der Waals surface area (Å²) in [6, 6.07) is 0.681. The Kier molecular flexibility index (Phi) is 5.26. The predicted octanol–water partition coefficient (Wildman–Crippen LogP) is 1.40. The third-order valence-electron chi connectivity index (χ3n) is 4.46. The van der Waals surface area contributed by atoms with Crippen molar-refractivity contribution >= 4 is 0 Å². The van der Waals surface area contributed by atoms with Crippen LogP contribution in [0.4, 0.5) is 0 Å². The van der Waals surface area contributed by atoms with Crippen molar-refractivity contribution < 1.29 is 0 Å². The van der Waals surface area contributed by atoms with Crippen LogP contribution in [-0.4, -0.2) is 62.2 Å². The zero-order valence-corrected chi connectivity index (χ0v) is 11.6. The molecule has 2 aliphatic rings. The van der Waals surface area contributed by atoms with Gasteiger partial charge in [-0.3, -0.25) is 0 Å². The molecule has 1 N–H and O–H groups in total. The van der Waals surface area contributed by atoms with E-state index in [2.05, 4.69) is 29.1 Å². The summed E-state index contributed by atoms with van der Waals surface area (Å²) in [5.41, 5.74) is 0. The van der Waals surface area contributed by atoms with Crippen molar-refractivity contribution in [3.8, 4) is 0 Å². The molecule has 100 valence electrons. The second kappa shape index (κ2) is 6.72. The van der Waals surface area contributed by atoms with Gasteiger partial charge in [0.05, 0.1) is 0 Å². The molecule has 2 aliphatic heterocycles. The maximum Gasteiger partial charge on any atom is 0.0107 e. The maximum atomic E-state index is 3.73. The Hall–Kier alpha value is -0.120. The molecule has 0 aliphatic carbocycles. The van der Waals surface area contributed by atoms with Crippen molar-refractivity contribution in [2.45, 2.75) is 38.6 Å². The molecule has 2 saturated heterocycles. The van der Waals surface area contributed by atoms with Crippen LogP contribution >= 0.6 is 0 Å². The van der Waals surface area contributed by atoms with Gasteiger partial charge in [0.15, 0.2) is 0 Å². The summed E-state index contributed by atoms with van der Waals surface area (Å²) in [6.45, 7) is 9.99. The summed E-state index contributed by atoms with van der Waals surface area (Å²) in [5.74, 6) is 0.854. The number of likely N-dealkylation sites (tertiary alicyclic amines) is 2. The SMILES string of the molecule is CC(NCCN1CCCC1)C1CCCN(C)C1. The van der Waals surface area contributed by atoms with Crippen molar-refractivity contribution in [2.75, 3.05) is 46.3 Å². The van der Waals surface area contributed by atoms with Gasteiger partial charge in [-0.2, -0.15) is 0 Å². The van der Waals surface area contributed by atoms with Gasteiger partial charge >= 0.3 is 0 Å². The van der Waals surface area contributed by atoms with Gasteiger partial charge in [0.25, 0.3) is 0 Å². The van der Waals surface area contributed by atoms with E-state index in [1.165, 1.54) is 65.0 Å². The van der Waals surface area contributed by atoms with Crippen LogP contribution in [0.1, 0.15) is 32.6 Å². The molecular weight excluding hydrogens is 210 g/mol. The van der Waals surface area contributed by atoms with E-state index < -0.39 is 0 Å². The molecule has 2 unspecified atom stereocenters. The van der Waals surface area contributed by atoms with Crippen molar-refractivity contribution in [3.63, 3.8) is 0 Å². The van der Waals surface area contributed by atoms with Crippen molar-refractivity contribution in [1.82, 2.24) is 15.1 Å². The highest BCUT2D eigenvalue weighted by molar-refractivity contribution is 4.79. The minimum absolute atomic E-state index is 0.681. The largest absolute Gasteiger partial charge is 0.313 e. The molecule has 0 aromatic rings. The average Bonchev–Trinajstić information content (AvgIpc) is 2.82. The Morgan fingerprint density at radius 2 is 1.94 bits per heavy atom. The molecule has 0 radical (unpaired) electrons. The normalized spacial score (nSPS) is 29.6. The lowest BCUT2D eigenvalue weighted by Gasteiger charge is -2.34. The zero-order valence-electron chi connectivity index (χ0n) is 11.6. The highest BCUT2D eigenvalue weighted by Gasteiger charge is 2.22. The quantitative estimate of drug-likeness (QED) is 0.782. The fourth-order valence-corrected chi connectivity index (χ4v) is 3.24. The Bertz CT molecular complexity index is 214. The Morgan fingerprint density at radius 3 is 2.65 bits per heavy atom. The van der Waals surface area contributed by atoms with Gasteiger partial charge in [0.1, 0.15) is 0 Å². The van der Waals surface area contributed by atoms with Gasteiger partial charge in [-0.1, -0.05) is 0 Å². The maximum absolute atomic E-state index is 3.73. The van der Waals surface area contributed by atoms with E-state index in [1.54, 1.807) is 0 Å². The number of rotatable bonds is 5. The third kappa shape index (κ3) is 4.23. The lowest BCUT2D eigenvalue weighted by atomic mass is 9.92. The minimum atomic E-state index is 0.681. The molecule has 0 spiro atoms. The molecule has 2 atom stereocenters. The van der Waals surface area contributed by atoms with Crippen LogP contribution in [0.2, 0.25) is 0 Å². The van der Waals surface area contributed by atoms with Crippen LogP contribution in [0.3, 0.4) is 0 Å². The van der Waals surface area contributed by atoms with Gasteiger partial charge in [-0.05, 0) is 65.2 Å². The second-order valence-electron chi connectivity index (χ2n) is 5.96. The van der Waals surface area contributed by atoms with Gasteiger partial charge in [-0.15, -0.1) is 0 Å². The summed E-state index contributed by atoms with van der Waals surface area (Å²) in [4.78, 5) is 5.07. The average molecular weight is 239 g/mol. The molecule has 17 heavy (non-hydrogen) atoms. The molecule has 0 aromatic heterocycles. The highest BCUT2D eigenvalue weighted by Crippen LogP contribution is 2.18. The van der Waals surface area contributed by atoms with Crippen LogP contribution < -0.4 is 5.32 Å². The number of piperidine rings is 1. The Balaban J connectivity index is 1.60. The van der Waals surface area contributed by atoms with Gasteiger partial charge < -0.3 is 15.1 Å². The van der Waals surface area contributed by atoms with E-state index in [1.807, 2.05) is 0 Å². The first-order valence-corrected chi connectivity index (χ1v) is 7.40. The van der Waals surface area contributed by atoms with Crippen LogP contribution in [0.5, 0.6) is 0 Å². The number of hydrogen-bond acceptors (Lipinski definition) is 3. The van der Waals surface area contributed by atoms with E-state index >= 15 is 0 Å². The number of nitrogens with one attached hydrogen (secondary N) is 1. The van der Waals surface area contributed by atoms with Gasteiger partial charge in [0.2, 0.25) is 0 Å². The summed E-state index contributed by atoms with van der Waals surface area (Å²) >= 11 is 0. The summed E-state index contributed by atoms with van der Waals surface area (Å²) < 4.78 is 0. The van der Waals surface area contributed by atoms with Crippen molar-refractivity contribution in [2.24, 2.45) is 5.92 Å². The fourth-order valence-electron chi connectivity index (χ4n) is 3.24. The lowest BCUT2D eigenvalue weighted by molar-refractivity contribution is 0.177. The summed E-state index contributed by atoms with van der Waals surface area (Å²) in [7, 11) is 2.25. The Labute approximate surface area is 107 Å². The highest BCUT2D eigenvalue weighted by atomic mass is 15.2. The zero-order chi connectivity index (χ0) is 12.1. The first-order valence-electron chi connectivity index (χ1n) is 7.40. The molecule has 0 saturated carbocycles. The first kappa shape index (κ1) is 13.3. The number of nitrogens with zero attached hydrogens (tertiary/aromatic N) is 2. The Morgan fingerprint density at radius 1 is 1.18 bits per heavy atom. The fraction of sp³-hybridized carbons (Fsp3) is 1.00. The van der Waals surface area contributed by atoms with Gasteiger partial charge in [-0.25, -0.2) is 0 Å². The monoisotopic (exact) mass is 239 g/mol. The van der Waals surface area contributed by atoms with Crippen molar-refractivity contribution in [3.05, 3.63) is 0 Å². The second-order valence-corrected chi connectivity index (χ2v) is 5.96. The molecule has 2 heterocycles. The van der Waals surface area contributed by atoms with Crippen LogP contribution in [0.15, 0.2) is 0 Å². The minimum Gasteiger partial charge on any atom is -0.313 e.